The van der Waals surface area contributed by atoms with Crippen molar-refractivity contribution in [1.82, 2.24) is 9.55 Å². The predicted octanol–water partition coefficient (Wildman–Crippen LogP) is 3.20. The average Bonchev–Trinajstić information content (AvgIpc) is 3.06. The molecule has 0 atom stereocenters. The van der Waals surface area contributed by atoms with Crippen LogP contribution in [0.5, 0.6) is 0 Å². The molecule has 2 aliphatic heterocycles. The van der Waals surface area contributed by atoms with Crippen LogP contribution in [0.1, 0.15) is 35.2 Å². The van der Waals surface area contributed by atoms with E-state index in [-0.39, 0.29) is 5.78 Å². The van der Waals surface area contributed by atoms with Crippen molar-refractivity contribution >= 4 is 22.8 Å². The maximum atomic E-state index is 12.2. The number of anilines is 1. The fraction of sp³-hybridized carbons (Fsp3) is 0.364. The van der Waals surface area contributed by atoms with Crippen molar-refractivity contribution < 1.29 is 9.90 Å². The van der Waals surface area contributed by atoms with Crippen molar-refractivity contribution in [3.8, 4) is 0 Å². The van der Waals surface area contributed by atoms with E-state index in [1.165, 1.54) is 5.56 Å². The molecule has 5 nitrogen and oxygen atoms in total. The SMILES string of the molecule is O=C1CCn2c(N3CCC(O)(Cc4ccccc4)CC3)nc3cccc1c32. The van der Waals surface area contributed by atoms with Crippen LogP contribution in [0.25, 0.3) is 11.0 Å². The van der Waals surface area contributed by atoms with Crippen molar-refractivity contribution in [3.05, 3.63) is 59.7 Å². The largest absolute Gasteiger partial charge is 0.389 e. The van der Waals surface area contributed by atoms with Gasteiger partial charge in [-0.2, -0.15) is 0 Å². The lowest BCUT2D eigenvalue weighted by atomic mass is 9.85. The van der Waals surface area contributed by atoms with Gasteiger partial charge in [0, 0.05) is 38.0 Å². The Morgan fingerprint density at radius 3 is 2.56 bits per heavy atom. The van der Waals surface area contributed by atoms with E-state index in [1.54, 1.807) is 0 Å². The molecule has 5 heteroatoms. The van der Waals surface area contributed by atoms with Crippen molar-refractivity contribution in [2.24, 2.45) is 0 Å². The highest BCUT2D eigenvalue weighted by Crippen LogP contribution is 2.33. The van der Waals surface area contributed by atoms with Crippen LogP contribution in [0, 0.1) is 0 Å². The molecular formula is C22H23N3O2. The van der Waals surface area contributed by atoms with Gasteiger partial charge in [-0.05, 0) is 30.5 Å². The number of Topliss-reactive ketones (excluding diaryl/α,β-unsaturated/α-hetero) is 1. The van der Waals surface area contributed by atoms with Crippen LogP contribution in [0.15, 0.2) is 48.5 Å². The Morgan fingerprint density at radius 2 is 1.78 bits per heavy atom. The summed E-state index contributed by atoms with van der Waals surface area (Å²) in [5.74, 6) is 1.14. The van der Waals surface area contributed by atoms with Gasteiger partial charge in [0.1, 0.15) is 0 Å². The fourth-order valence-corrected chi connectivity index (χ4v) is 4.48. The van der Waals surface area contributed by atoms with Crippen molar-refractivity contribution in [3.63, 3.8) is 0 Å². The molecule has 5 rings (SSSR count). The van der Waals surface area contributed by atoms with E-state index in [0.717, 1.165) is 48.5 Å². The number of piperidine rings is 1. The molecule has 0 radical (unpaired) electrons. The van der Waals surface area contributed by atoms with Gasteiger partial charge in [0.25, 0.3) is 0 Å². The van der Waals surface area contributed by atoms with Gasteiger partial charge in [0.2, 0.25) is 5.95 Å². The molecule has 27 heavy (non-hydrogen) atoms. The summed E-state index contributed by atoms with van der Waals surface area (Å²) in [5, 5.41) is 11.0. The Hall–Kier alpha value is -2.66. The van der Waals surface area contributed by atoms with Crippen LogP contribution in [0.4, 0.5) is 5.95 Å². The molecule has 1 saturated heterocycles. The van der Waals surface area contributed by atoms with E-state index in [0.29, 0.717) is 19.4 Å². The highest BCUT2D eigenvalue weighted by Gasteiger charge is 2.34. The van der Waals surface area contributed by atoms with Crippen molar-refractivity contribution in [2.75, 3.05) is 18.0 Å². The van der Waals surface area contributed by atoms with E-state index in [2.05, 4.69) is 21.6 Å². The van der Waals surface area contributed by atoms with E-state index in [9.17, 15) is 9.90 Å². The van der Waals surface area contributed by atoms with Crippen LogP contribution >= 0.6 is 0 Å². The van der Waals surface area contributed by atoms with Crippen LogP contribution in [0.2, 0.25) is 0 Å². The molecule has 1 N–H and O–H groups in total. The number of aryl methyl sites for hydroxylation is 1. The number of aromatic nitrogens is 2. The fourth-order valence-electron chi connectivity index (χ4n) is 4.48. The Kier molecular flexibility index (Phi) is 3.79. The summed E-state index contributed by atoms with van der Waals surface area (Å²) in [7, 11) is 0. The number of nitrogens with zero attached hydrogens (tertiary/aromatic N) is 3. The van der Waals surface area contributed by atoms with Gasteiger partial charge < -0.3 is 14.6 Å². The van der Waals surface area contributed by atoms with Crippen molar-refractivity contribution in [1.29, 1.82) is 0 Å². The lowest BCUT2D eigenvalue weighted by Crippen LogP contribution is -2.46. The molecule has 2 aromatic carbocycles. The van der Waals surface area contributed by atoms with Crippen LogP contribution in [-0.4, -0.2) is 39.1 Å². The molecule has 2 aliphatic rings. The molecule has 0 aliphatic carbocycles. The van der Waals surface area contributed by atoms with Gasteiger partial charge in [-0.3, -0.25) is 4.79 Å². The van der Waals surface area contributed by atoms with Gasteiger partial charge >= 0.3 is 0 Å². The van der Waals surface area contributed by atoms with Gasteiger partial charge in [0.15, 0.2) is 5.78 Å². The summed E-state index contributed by atoms with van der Waals surface area (Å²) in [5.41, 5.74) is 3.16. The zero-order chi connectivity index (χ0) is 18.4. The highest BCUT2D eigenvalue weighted by molar-refractivity contribution is 6.08. The van der Waals surface area contributed by atoms with Gasteiger partial charge in [-0.15, -0.1) is 0 Å². The maximum absolute atomic E-state index is 12.2. The number of carbonyl (C=O) groups is 1. The Bertz CT molecular complexity index is 1000. The Morgan fingerprint density at radius 1 is 1.00 bits per heavy atom. The third-order valence-corrected chi connectivity index (χ3v) is 5.96. The Balaban J connectivity index is 1.40. The van der Waals surface area contributed by atoms with E-state index < -0.39 is 5.60 Å². The molecule has 0 bridgehead atoms. The minimum Gasteiger partial charge on any atom is -0.389 e. The normalized spacial score (nSPS) is 18.9. The molecule has 1 fully saturated rings. The number of imidazole rings is 1. The number of benzene rings is 2. The number of aliphatic hydroxyl groups is 1. The first-order chi connectivity index (χ1) is 13.1. The first kappa shape index (κ1) is 16.5. The molecular weight excluding hydrogens is 338 g/mol. The molecule has 1 aromatic heterocycles. The molecule has 0 spiro atoms. The first-order valence-electron chi connectivity index (χ1n) is 9.67. The standard InChI is InChI=1S/C22H23N3O2/c26-19-9-12-25-20-17(19)7-4-8-18(20)23-21(25)24-13-10-22(27,11-14-24)15-16-5-2-1-3-6-16/h1-8,27H,9-15H2. The number of rotatable bonds is 3. The predicted molar refractivity (Wildman–Crippen MR) is 105 cm³/mol. The number of hydrogen-bond donors (Lipinski definition) is 1. The number of hydrogen-bond acceptors (Lipinski definition) is 4. The summed E-state index contributed by atoms with van der Waals surface area (Å²) in [6.07, 6.45) is 2.66. The molecule has 3 aromatic rings. The van der Waals surface area contributed by atoms with Gasteiger partial charge in [0.05, 0.1) is 16.6 Å². The average molecular weight is 361 g/mol. The topological polar surface area (TPSA) is 58.4 Å². The number of ketones is 1. The molecule has 138 valence electrons. The van der Waals surface area contributed by atoms with Crippen LogP contribution in [0.3, 0.4) is 0 Å². The van der Waals surface area contributed by atoms with E-state index in [1.807, 2.05) is 36.4 Å². The van der Waals surface area contributed by atoms with Crippen LogP contribution < -0.4 is 4.90 Å². The quantitative estimate of drug-likeness (QED) is 0.778. The molecule has 0 unspecified atom stereocenters. The maximum Gasteiger partial charge on any atom is 0.206 e. The second-order valence-electron chi connectivity index (χ2n) is 7.78. The summed E-state index contributed by atoms with van der Waals surface area (Å²) in [6.45, 7) is 2.23. The monoisotopic (exact) mass is 361 g/mol. The van der Waals surface area contributed by atoms with Gasteiger partial charge in [-0.25, -0.2) is 4.98 Å². The Labute approximate surface area is 158 Å². The molecule has 3 heterocycles. The summed E-state index contributed by atoms with van der Waals surface area (Å²) in [6, 6.07) is 16.0. The second-order valence-corrected chi connectivity index (χ2v) is 7.78. The lowest BCUT2D eigenvalue weighted by molar-refractivity contribution is 0.0162. The summed E-state index contributed by atoms with van der Waals surface area (Å²) in [4.78, 5) is 19.3. The highest BCUT2D eigenvalue weighted by atomic mass is 16.3. The van der Waals surface area contributed by atoms with Gasteiger partial charge in [-0.1, -0.05) is 36.4 Å². The third-order valence-electron chi connectivity index (χ3n) is 5.96. The zero-order valence-electron chi connectivity index (χ0n) is 15.3. The van der Waals surface area contributed by atoms with Crippen molar-refractivity contribution in [2.45, 2.75) is 37.8 Å². The lowest BCUT2D eigenvalue weighted by Gasteiger charge is -2.39. The van der Waals surface area contributed by atoms with Crippen LogP contribution in [-0.2, 0) is 13.0 Å². The third kappa shape index (κ3) is 2.82. The zero-order valence-corrected chi connectivity index (χ0v) is 15.3. The minimum atomic E-state index is -0.660. The molecule has 0 saturated carbocycles. The second kappa shape index (κ2) is 6.20. The minimum absolute atomic E-state index is 0.204. The van der Waals surface area contributed by atoms with E-state index in [4.69, 9.17) is 4.98 Å². The summed E-state index contributed by atoms with van der Waals surface area (Å²) < 4.78 is 2.19. The number of carbonyl (C=O) groups excluding carboxylic acids is 1. The smallest absolute Gasteiger partial charge is 0.206 e. The number of para-hydroxylation sites is 1. The summed E-state index contributed by atoms with van der Waals surface area (Å²) >= 11 is 0. The first-order valence-corrected chi connectivity index (χ1v) is 9.67. The molecule has 0 amide bonds. The van der Waals surface area contributed by atoms with E-state index >= 15 is 0 Å².